The van der Waals surface area contributed by atoms with Gasteiger partial charge in [0.15, 0.2) is 11.5 Å². The van der Waals surface area contributed by atoms with Crippen LogP contribution in [0, 0.1) is 11.3 Å². The number of rotatable bonds is 5. The maximum Gasteiger partial charge on any atom is 0.251 e. The number of hydrogen-bond acceptors (Lipinski definition) is 8. The van der Waals surface area contributed by atoms with Crippen molar-refractivity contribution in [3.8, 4) is 17.6 Å². The van der Waals surface area contributed by atoms with Crippen LogP contribution in [-0.4, -0.2) is 35.8 Å². The van der Waals surface area contributed by atoms with Gasteiger partial charge in [0.1, 0.15) is 29.3 Å². The van der Waals surface area contributed by atoms with E-state index in [-0.39, 0.29) is 11.7 Å². The molecule has 0 fully saturated rings. The van der Waals surface area contributed by atoms with E-state index in [4.69, 9.17) is 15.2 Å². The third kappa shape index (κ3) is 4.21. The molecule has 168 valence electrons. The zero-order valence-electron chi connectivity index (χ0n) is 17.6. The number of nitrogens with two attached hydrogens (primary N) is 1. The molecule has 33 heavy (non-hydrogen) atoms. The zero-order valence-corrected chi connectivity index (χ0v) is 19.2. The molecule has 1 aromatic carbocycles. The highest BCUT2D eigenvalue weighted by Gasteiger charge is 2.25. The number of aromatic nitrogens is 1. The van der Waals surface area contributed by atoms with E-state index in [9.17, 15) is 14.9 Å². The molecular formula is C23H20N4O4S2. The van der Waals surface area contributed by atoms with Gasteiger partial charge in [-0.2, -0.15) is 5.26 Å². The number of hydrogen-bond donors (Lipinski definition) is 2. The molecule has 0 spiro atoms. The topological polar surface area (TPSA) is 127 Å². The van der Waals surface area contributed by atoms with Crippen LogP contribution in [0.4, 0.5) is 5.00 Å². The van der Waals surface area contributed by atoms with Crippen LogP contribution in [0.15, 0.2) is 23.2 Å². The fourth-order valence-electron chi connectivity index (χ4n) is 4.09. The molecule has 3 aromatic rings. The number of benzene rings is 1. The van der Waals surface area contributed by atoms with E-state index in [1.54, 1.807) is 12.1 Å². The summed E-state index contributed by atoms with van der Waals surface area (Å²) in [7, 11) is 0. The third-order valence-corrected chi connectivity index (χ3v) is 7.77. The number of amides is 2. The molecule has 10 heteroatoms. The van der Waals surface area contributed by atoms with E-state index < -0.39 is 5.91 Å². The number of thioether (sulfide) groups is 1. The number of aryl methyl sites for hydroxylation is 1. The van der Waals surface area contributed by atoms with Gasteiger partial charge < -0.3 is 20.5 Å². The summed E-state index contributed by atoms with van der Waals surface area (Å²) in [4.78, 5) is 30.4. The van der Waals surface area contributed by atoms with Crippen molar-refractivity contribution in [2.45, 2.75) is 30.7 Å². The Bertz CT molecular complexity index is 1330. The lowest BCUT2D eigenvalue weighted by molar-refractivity contribution is -0.113. The summed E-state index contributed by atoms with van der Waals surface area (Å²) in [5.74, 6) is 0.478. The van der Waals surface area contributed by atoms with Crippen molar-refractivity contribution >= 4 is 50.8 Å². The summed E-state index contributed by atoms with van der Waals surface area (Å²) in [5.41, 5.74) is 8.04. The lowest BCUT2D eigenvalue weighted by Crippen LogP contribution is -2.19. The molecule has 8 nitrogen and oxygen atoms in total. The van der Waals surface area contributed by atoms with Gasteiger partial charge in [0.2, 0.25) is 5.91 Å². The van der Waals surface area contributed by atoms with Gasteiger partial charge >= 0.3 is 0 Å². The van der Waals surface area contributed by atoms with Gasteiger partial charge in [-0.05, 0) is 43.4 Å². The van der Waals surface area contributed by atoms with Gasteiger partial charge in [0.05, 0.1) is 22.4 Å². The number of thiophene rings is 1. The van der Waals surface area contributed by atoms with E-state index in [2.05, 4.69) is 16.4 Å². The normalized spacial score (nSPS) is 14.4. The van der Waals surface area contributed by atoms with Gasteiger partial charge in [-0.1, -0.05) is 11.8 Å². The Morgan fingerprint density at radius 2 is 1.94 bits per heavy atom. The third-order valence-electron chi connectivity index (χ3n) is 5.57. The van der Waals surface area contributed by atoms with Crippen LogP contribution in [0.5, 0.6) is 11.5 Å². The quantitative estimate of drug-likeness (QED) is 0.534. The van der Waals surface area contributed by atoms with Crippen molar-refractivity contribution in [3.63, 3.8) is 0 Å². The van der Waals surface area contributed by atoms with Gasteiger partial charge in [-0.3, -0.25) is 9.59 Å². The smallest absolute Gasteiger partial charge is 0.251 e. The van der Waals surface area contributed by atoms with Crippen molar-refractivity contribution in [1.82, 2.24) is 4.98 Å². The van der Waals surface area contributed by atoms with Crippen LogP contribution >= 0.6 is 23.1 Å². The molecule has 0 atom stereocenters. The zero-order chi connectivity index (χ0) is 22.9. The molecule has 0 radical (unpaired) electrons. The van der Waals surface area contributed by atoms with Gasteiger partial charge in [0, 0.05) is 16.3 Å². The molecule has 0 saturated carbocycles. The Kier molecular flexibility index (Phi) is 5.83. The van der Waals surface area contributed by atoms with Crippen LogP contribution in [0.25, 0.3) is 10.9 Å². The molecule has 2 amide bonds. The van der Waals surface area contributed by atoms with Crippen LogP contribution in [0.1, 0.15) is 39.2 Å². The Labute approximate surface area is 198 Å². The Hall–Kier alpha value is -3.29. The first-order chi connectivity index (χ1) is 16.0. The lowest BCUT2D eigenvalue weighted by atomic mass is 9.95. The molecule has 1 aliphatic carbocycles. The fourth-order valence-corrected chi connectivity index (χ4v) is 6.17. The molecular weight excluding hydrogens is 460 g/mol. The number of ether oxygens (including phenoxy) is 2. The SMILES string of the molecule is N#Cc1cc2cc3c(cc2nc1SCC(=O)Nc1sc2c(c1C(N)=O)CCCC2)OCCO3. The number of nitrogens with zero attached hydrogens (tertiary/aromatic N) is 2. The van der Waals surface area contributed by atoms with E-state index >= 15 is 0 Å². The standard InChI is InChI=1S/C23H20N4O4S2/c24-10-13-7-12-8-16-17(31-6-5-30-16)9-15(12)26-22(13)32-11-19(28)27-23-20(21(25)29)14-3-1-2-4-18(14)33-23/h7-9H,1-6,11H2,(H2,25,29)(H,27,28). The summed E-state index contributed by atoms with van der Waals surface area (Å²) in [6.45, 7) is 0.945. The minimum atomic E-state index is -0.519. The molecule has 3 N–H and O–H groups in total. The number of carbonyl (C=O) groups excluding carboxylic acids is 2. The predicted molar refractivity (Wildman–Crippen MR) is 126 cm³/mol. The highest BCUT2D eigenvalue weighted by atomic mass is 32.2. The van der Waals surface area contributed by atoms with Crippen LogP contribution in [0.2, 0.25) is 0 Å². The van der Waals surface area contributed by atoms with E-state index in [1.165, 1.54) is 23.1 Å². The predicted octanol–water partition coefficient (Wildman–Crippen LogP) is 3.65. The molecule has 2 aliphatic rings. The number of anilines is 1. The molecule has 3 heterocycles. The van der Waals surface area contributed by atoms with Crippen molar-refractivity contribution in [2.75, 3.05) is 24.3 Å². The van der Waals surface area contributed by atoms with Gasteiger partial charge in [-0.25, -0.2) is 4.98 Å². The number of nitriles is 1. The van der Waals surface area contributed by atoms with E-state index in [0.29, 0.717) is 51.4 Å². The Morgan fingerprint density at radius 3 is 2.70 bits per heavy atom. The first kappa shape index (κ1) is 21.6. The van der Waals surface area contributed by atoms with E-state index in [1.807, 2.05) is 6.07 Å². The van der Waals surface area contributed by atoms with Crippen molar-refractivity contribution in [2.24, 2.45) is 5.73 Å². The summed E-state index contributed by atoms with van der Waals surface area (Å²) in [6, 6.07) is 7.48. The molecule has 2 aromatic heterocycles. The number of nitrogens with one attached hydrogen (secondary N) is 1. The van der Waals surface area contributed by atoms with Gasteiger partial charge in [-0.15, -0.1) is 11.3 Å². The highest BCUT2D eigenvalue weighted by Crippen LogP contribution is 2.38. The molecule has 0 unspecified atom stereocenters. The summed E-state index contributed by atoms with van der Waals surface area (Å²) >= 11 is 2.60. The fraction of sp³-hybridized carbons (Fsp3) is 0.304. The molecule has 0 bridgehead atoms. The highest BCUT2D eigenvalue weighted by molar-refractivity contribution is 8.00. The Balaban J connectivity index is 1.35. The van der Waals surface area contributed by atoms with Crippen molar-refractivity contribution in [3.05, 3.63) is 39.8 Å². The second kappa shape index (κ2) is 8.92. The second-order valence-electron chi connectivity index (χ2n) is 7.76. The van der Waals surface area contributed by atoms with Crippen molar-refractivity contribution in [1.29, 1.82) is 5.26 Å². The average Bonchev–Trinajstić information content (AvgIpc) is 3.18. The summed E-state index contributed by atoms with van der Waals surface area (Å²) in [5, 5.41) is 14.2. The summed E-state index contributed by atoms with van der Waals surface area (Å²) in [6.07, 6.45) is 3.79. The first-order valence-electron chi connectivity index (χ1n) is 10.5. The maximum absolute atomic E-state index is 12.7. The molecule has 5 rings (SSSR count). The monoisotopic (exact) mass is 480 g/mol. The van der Waals surface area contributed by atoms with Crippen LogP contribution in [0.3, 0.4) is 0 Å². The number of primary amides is 1. The maximum atomic E-state index is 12.7. The first-order valence-corrected chi connectivity index (χ1v) is 12.3. The minimum Gasteiger partial charge on any atom is -0.486 e. The number of fused-ring (bicyclic) bond motifs is 3. The number of carbonyl (C=O) groups is 2. The van der Waals surface area contributed by atoms with Crippen molar-refractivity contribution < 1.29 is 19.1 Å². The largest absolute Gasteiger partial charge is 0.486 e. The van der Waals surface area contributed by atoms with Gasteiger partial charge in [0.25, 0.3) is 5.91 Å². The second-order valence-corrected chi connectivity index (χ2v) is 9.83. The summed E-state index contributed by atoms with van der Waals surface area (Å²) < 4.78 is 11.2. The van der Waals surface area contributed by atoms with Crippen LogP contribution < -0.4 is 20.5 Å². The minimum absolute atomic E-state index is 0.0402. The van der Waals surface area contributed by atoms with Crippen LogP contribution in [-0.2, 0) is 17.6 Å². The molecule has 0 saturated heterocycles. The molecule has 1 aliphatic heterocycles. The number of pyridine rings is 1. The average molecular weight is 481 g/mol. The Morgan fingerprint density at radius 1 is 1.18 bits per heavy atom. The van der Waals surface area contributed by atoms with E-state index in [0.717, 1.165) is 41.5 Å². The lowest BCUT2D eigenvalue weighted by Gasteiger charge is -2.18.